The van der Waals surface area contributed by atoms with Crippen LogP contribution in [0.5, 0.6) is 0 Å². The highest BCUT2D eigenvalue weighted by molar-refractivity contribution is 5.80. The first-order valence-electron chi connectivity index (χ1n) is 7.00. The molecular weight excluding hydrogens is 232 g/mol. The molecule has 0 aromatic rings. The molecule has 0 aromatic heterocycles. The minimum atomic E-state index is -0.456. The molecule has 2 rings (SSSR count). The third-order valence-corrected chi connectivity index (χ3v) is 3.29. The van der Waals surface area contributed by atoms with Gasteiger partial charge in [0.1, 0.15) is 0 Å². The molecule has 0 radical (unpaired) electrons. The first-order chi connectivity index (χ1) is 8.75. The average Bonchev–Trinajstić information content (AvgIpc) is 3.20. The van der Waals surface area contributed by atoms with Gasteiger partial charge in [-0.15, -0.1) is 0 Å². The summed E-state index contributed by atoms with van der Waals surface area (Å²) in [5.41, 5.74) is 0. The van der Waals surface area contributed by atoms with Crippen molar-refractivity contribution in [3.63, 3.8) is 0 Å². The average molecular weight is 256 g/mol. The van der Waals surface area contributed by atoms with Crippen LogP contribution in [-0.4, -0.2) is 50.0 Å². The minimum absolute atomic E-state index is 0.171. The van der Waals surface area contributed by atoms with Gasteiger partial charge in [-0.25, -0.2) is 0 Å². The van der Waals surface area contributed by atoms with Gasteiger partial charge in [0.25, 0.3) is 0 Å². The van der Waals surface area contributed by atoms with Crippen LogP contribution in [0.3, 0.4) is 0 Å². The largest absolute Gasteiger partial charge is 0.389 e. The van der Waals surface area contributed by atoms with Crippen molar-refractivity contribution >= 4 is 5.91 Å². The smallest absolute Gasteiger partial charge is 0.223 e. The van der Waals surface area contributed by atoms with Gasteiger partial charge in [0.05, 0.1) is 12.7 Å². The van der Waals surface area contributed by atoms with Crippen LogP contribution >= 0.6 is 0 Å². The second-order valence-electron chi connectivity index (χ2n) is 5.40. The van der Waals surface area contributed by atoms with E-state index < -0.39 is 6.10 Å². The Bertz CT molecular complexity index is 265. The number of carbonyl (C=O) groups excluding carboxylic acids is 1. The van der Waals surface area contributed by atoms with Crippen LogP contribution in [0.2, 0.25) is 0 Å². The highest BCUT2D eigenvalue weighted by Crippen LogP contribution is 2.29. The Morgan fingerprint density at radius 1 is 1.28 bits per heavy atom. The predicted molar refractivity (Wildman–Crippen MR) is 68.2 cm³/mol. The van der Waals surface area contributed by atoms with Gasteiger partial charge in [0.2, 0.25) is 5.91 Å². The lowest BCUT2D eigenvalue weighted by molar-refractivity contribution is -0.122. The molecule has 18 heavy (non-hydrogen) atoms. The maximum Gasteiger partial charge on any atom is 0.223 e. The summed E-state index contributed by atoms with van der Waals surface area (Å²) in [6, 6.07) is 0. The fourth-order valence-electron chi connectivity index (χ4n) is 1.75. The lowest BCUT2D eigenvalue weighted by Crippen LogP contribution is -2.37. The first-order valence-corrected chi connectivity index (χ1v) is 7.00. The van der Waals surface area contributed by atoms with Gasteiger partial charge in [-0.2, -0.15) is 0 Å². The molecule has 2 aliphatic carbocycles. The van der Waals surface area contributed by atoms with Gasteiger partial charge < -0.3 is 20.5 Å². The van der Waals surface area contributed by atoms with E-state index in [0.717, 1.165) is 25.4 Å². The highest BCUT2D eigenvalue weighted by atomic mass is 16.5. The fourth-order valence-corrected chi connectivity index (χ4v) is 1.75. The molecule has 104 valence electrons. The Labute approximate surface area is 108 Å². The van der Waals surface area contributed by atoms with Crippen LogP contribution in [-0.2, 0) is 9.53 Å². The maximum atomic E-state index is 11.3. The Hall–Kier alpha value is -0.650. The molecule has 0 aliphatic heterocycles. The van der Waals surface area contributed by atoms with Crippen molar-refractivity contribution in [2.75, 3.05) is 32.8 Å². The molecule has 3 N–H and O–H groups in total. The monoisotopic (exact) mass is 256 g/mol. The third-order valence-electron chi connectivity index (χ3n) is 3.29. The Kier molecular flexibility index (Phi) is 5.41. The summed E-state index contributed by atoms with van der Waals surface area (Å²) in [6.45, 7) is 3.03. The van der Waals surface area contributed by atoms with E-state index in [1.807, 2.05) is 0 Å². The van der Waals surface area contributed by atoms with E-state index >= 15 is 0 Å². The summed E-state index contributed by atoms with van der Waals surface area (Å²) in [7, 11) is 0. The summed E-state index contributed by atoms with van der Waals surface area (Å²) in [5.74, 6) is 1.18. The van der Waals surface area contributed by atoms with Crippen molar-refractivity contribution in [2.45, 2.75) is 31.8 Å². The van der Waals surface area contributed by atoms with Crippen LogP contribution in [0.4, 0.5) is 0 Å². The highest BCUT2D eigenvalue weighted by Gasteiger charge is 2.28. The lowest BCUT2D eigenvalue weighted by Gasteiger charge is -2.12. The van der Waals surface area contributed by atoms with Gasteiger partial charge in [-0.3, -0.25) is 4.79 Å². The quantitative estimate of drug-likeness (QED) is 0.477. The van der Waals surface area contributed by atoms with Gasteiger partial charge in [-0.1, -0.05) is 0 Å². The number of aliphatic hydroxyl groups is 1. The van der Waals surface area contributed by atoms with Crippen LogP contribution in [0.25, 0.3) is 0 Å². The molecule has 0 saturated heterocycles. The van der Waals surface area contributed by atoms with Crippen molar-refractivity contribution in [3.8, 4) is 0 Å². The standard InChI is InChI=1S/C13H24N2O3/c16-12(9-18-8-10-1-2-10)7-14-5-6-15-13(17)11-3-4-11/h10-12,14,16H,1-9H2,(H,15,17). The van der Waals surface area contributed by atoms with Crippen molar-refractivity contribution in [1.82, 2.24) is 10.6 Å². The van der Waals surface area contributed by atoms with Gasteiger partial charge >= 0.3 is 0 Å². The molecule has 1 amide bonds. The lowest BCUT2D eigenvalue weighted by atomic mass is 10.3. The number of carbonyl (C=O) groups is 1. The summed E-state index contributed by atoms with van der Waals surface area (Å²) < 4.78 is 5.39. The predicted octanol–water partition coefficient (Wildman–Crippen LogP) is -0.110. The molecule has 2 aliphatic rings. The second-order valence-corrected chi connectivity index (χ2v) is 5.40. The number of ether oxygens (including phenoxy) is 1. The summed E-state index contributed by atoms with van der Waals surface area (Å²) in [5, 5.41) is 15.6. The molecule has 2 saturated carbocycles. The van der Waals surface area contributed by atoms with Crippen LogP contribution in [0, 0.1) is 11.8 Å². The summed E-state index contributed by atoms with van der Waals surface area (Å²) in [4.78, 5) is 11.3. The van der Waals surface area contributed by atoms with E-state index in [1.54, 1.807) is 0 Å². The molecule has 1 atom stereocenters. The third kappa shape index (κ3) is 5.80. The van der Waals surface area contributed by atoms with E-state index in [2.05, 4.69) is 10.6 Å². The number of amides is 1. The van der Waals surface area contributed by atoms with E-state index in [9.17, 15) is 9.90 Å². The van der Waals surface area contributed by atoms with Crippen molar-refractivity contribution < 1.29 is 14.6 Å². The molecule has 5 nitrogen and oxygen atoms in total. The van der Waals surface area contributed by atoms with Crippen LogP contribution in [0.1, 0.15) is 25.7 Å². The fraction of sp³-hybridized carbons (Fsp3) is 0.923. The second kappa shape index (κ2) is 7.07. The van der Waals surface area contributed by atoms with E-state index in [0.29, 0.717) is 26.2 Å². The van der Waals surface area contributed by atoms with Crippen LogP contribution < -0.4 is 10.6 Å². The summed E-state index contributed by atoms with van der Waals surface area (Å²) >= 11 is 0. The van der Waals surface area contributed by atoms with Crippen LogP contribution in [0.15, 0.2) is 0 Å². The normalized spacial score (nSPS) is 20.7. The molecule has 2 fully saturated rings. The number of hydrogen-bond donors (Lipinski definition) is 3. The molecule has 5 heteroatoms. The van der Waals surface area contributed by atoms with Gasteiger partial charge in [0, 0.05) is 32.2 Å². The minimum Gasteiger partial charge on any atom is -0.389 e. The number of hydrogen-bond acceptors (Lipinski definition) is 4. The van der Waals surface area contributed by atoms with E-state index in [4.69, 9.17) is 4.74 Å². The topological polar surface area (TPSA) is 70.6 Å². The number of rotatable bonds is 10. The first kappa shape index (κ1) is 13.8. The number of aliphatic hydroxyl groups excluding tert-OH is 1. The van der Waals surface area contributed by atoms with E-state index in [1.165, 1.54) is 12.8 Å². The Morgan fingerprint density at radius 2 is 2.06 bits per heavy atom. The molecule has 0 bridgehead atoms. The summed E-state index contributed by atoms with van der Waals surface area (Å²) in [6.07, 6.45) is 4.17. The van der Waals surface area contributed by atoms with Gasteiger partial charge in [0.15, 0.2) is 0 Å². The SMILES string of the molecule is O=C(NCCNCC(O)COCC1CC1)C1CC1. The zero-order chi connectivity index (χ0) is 12.8. The maximum absolute atomic E-state index is 11.3. The zero-order valence-corrected chi connectivity index (χ0v) is 10.9. The molecule has 0 heterocycles. The van der Waals surface area contributed by atoms with Crippen molar-refractivity contribution in [1.29, 1.82) is 0 Å². The zero-order valence-electron chi connectivity index (χ0n) is 10.9. The van der Waals surface area contributed by atoms with E-state index in [-0.39, 0.29) is 11.8 Å². The molecular formula is C13H24N2O3. The molecule has 0 aromatic carbocycles. The number of nitrogens with one attached hydrogen (secondary N) is 2. The Balaban J connectivity index is 1.35. The molecule has 0 spiro atoms. The Morgan fingerprint density at radius 3 is 2.72 bits per heavy atom. The van der Waals surface area contributed by atoms with Gasteiger partial charge in [-0.05, 0) is 31.6 Å². The molecule has 1 unspecified atom stereocenters. The van der Waals surface area contributed by atoms with Crippen molar-refractivity contribution in [3.05, 3.63) is 0 Å². The van der Waals surface area contributed by atoms with Crippen molar-refractivity contribution in [2.24, 2.45) is 11.8 Å².